The zero-order valence-corrected chi connectivity index (χ0v) is 9.11. The van der Waals surface area contributed by atoms with Gasteiger partial charge >= 0.3 is 0 Å². The largest absolute Gasteiger partial charge is 0.300 e. The van der Waals surface area contributed by atoms with Crippen LogP contribution < -0.4 is 16.0 Å². The van der Waals surface area contributed by atoms with Crippen molar-refractivity contribution in [2.45, 2.75) is 6.92 Å². The monoisotopic (exact) mass is 231 g/mol. The molecular formula is C11H10FN5. The number of aryl methyl sites for hydroxylation is 1. The number of nitrogens with zero attached hydrogens (tertiary/aromatic N) is 3. The summed E-state index contributed by atoms with van der Waals surface area (Å²) < 4.78 is 12.8. The Morgan fingerprint density at radius 1 is 1.24 bits per heavy atom. The Bertz CT molecular complexity index is 554. The summed E-state index contributed by atoms with van der Waals surface area (Å²) >= 11 is 0. The van der Waals surface area contributed by atoms with E-state index in [1.807, 2.05) is 13.0 Å². The first-order valence-corrected chi connectivity index (χ1v) is 5.14. The van der Waals surface area contributed by atoms with Gasteiger partial charge in [0.1, 0.15) is 11.6 Å². The van der Waals surface area contributed by atoms with Crippen molar-refractivity contribution in [1.29, 1.82) is 0 Å². The number of hydrogen-bond acceptors (Lipinski definition) is 5. The van der Waals surface area contributed by atoms with E-state index in [-0.39, 0.29) is 5.82 Å². The highest BCUT2D eigenvalue weighted by Gasteiger charge is 2.22. The van der Waals surface area contributed by atoms with Crippen molar-refractivity contribution in [3.05, 3.63) is 42.1 Å². The molecule has 1 aliphatic heterocycles. The summed E-state index contributed by atoms with van der Waals surface area (Å²) in [7, 11) is 0. The number of pyridine rings is 2. The molecule has 0 bridgehead atoms. The number of anilines is 3. The van der Waals surface area contributed by atoms with Gasteiger partial charge in [0.15, 0.2) is 0 Å². The quantitative estimate of drug-likeness (QED) is 0.785. The number of hydrazine groups is 2. The highest BCUT2D eigenvalue weighted by atomic mass is 19.1. The molecule has 3 heterocycles. The second kappa shape index (κ2) is 3.67. The SMILES string of the molecule is Cc1nccc2c1NNN2c1ccc(F)cn1. The number of hydrogen-bond donors (Lipinski definition) is 2. The molecule has 2 aromatic heterocycles. The van der Waals surface area contributed by atoms with Crippen LogP contribution in [0.25, 0.3) is 0 Å². The molecule has 0 aromatic carbocycles. The molecule has 1 aliphatic rings. The lowest BCUT2D eigenvalue weighted by Gasteiger charge is -2.16. The number of halogens is 1. The van der Waals surface area contributed by atoms with Crippen LogP contribution in [0.15, 0.2) is 30.6 Å². The van der Waals surface area contributed by atoms with Gasteiger partial charge in [0.05, 0.1) is 23.3 Å². The lowest BCUT2D eigenvalue weighted by Crippen LogP contribution is -2.32. The van der Waals surface area contributed by atoms with E-state index in [2.05, 4.69) is 20.9 Å². The summed E-state index contributed by atoms with van der Waals surface area (Å²) in [4.78, 5) is 8.20. The van der Waals surface area contributed by atoms with E-state index in [1.165, 1.54) is 12.3 Å². The van der Waals surface area contributed by atoms with Crippen LogP contribution >= 0.6 is 0 Å². The summed E-state index contributed by atoms with van der Waals surface area (Å²) in [6, 6.07) is 4.84. The molecule has 6 heteroatoms. The van der Waals surface area contributed by atoms with E-state index in [0.29, 0.717) is 5.82 Å². The molecule has 2 N–H and O–H groups in total. The Morgan fingerprint density at radius 3 is 2.88 bits per heavy atom. The van der Waals surface area contributed by atoms with Gasteiger partial charge in [-0.1, -0.05) is 0 Å². The Hall–Kier alpha value is -2.21. The molecule has 2 aromatic rings. The smallest absolute Gasteiger partial charge is 0.149 e. The number of rotatable bonds is 1. The topological polar surface area (TPSA) is 53.1 Å². The second-order valence-corrected chi connectivity index (χ2v) is 3.70. The lowest BCUT2D eigenvalue weighted by atomic mass is 10.2. The molecule has 0 amide bonds. The van der Waals surface area contributed by atoms with Crippen molar-refractivity contribution in [2.75, 3.05) is 10.4 Å². The molecule has 0 radical (unpaired) electrons. The Balaban J connectivity index is 2.04. The average Bonchev–Trinajstić information content (AvgIpc) is 2.75. The fourth-order valence-electron chi connectivity index (χ4n) is 1.75. The van der Waals surface area contributed by atoms with Crippen molar-refractivity contribution < 1.29 is 4.39 Å². The maximum absolute atomic E-state index is 12.8. The maximum atomic E-state index is 12.8. The van der Waals surface area contributed by atoms with E-state index in [1.54, 1.807) is 17.3 Å². The summed E-state index contributed by atoms with van der Waals surface area (Å²) in [5.74, 6) is 0.260. The number of nitrogens with one attached hydrogen (secondary N) is 2. The van der Waals surface area contributed by atoms with Gasteiger partial charge in [-0.2, -0.15) is 0 Å². The molecule has 5 nitrogen and oxygen atoms in total. The minimum absolute atomic E-state index is 0.355. The third-order valence-corrected chi connectivity index (χ3v) is 2.59. The average molecular weight is 231 g/mol. The van der Waals surface area contributed by atoms with Gasteiger partial charge in [-0.3, -0.25) is 10.4 Å². The van der Waals surface area contributed by atoms with Crippen LogP contribution in [0.4, 0.5) is 21.6 Å². The molecule has 86 valence electrons. The summed E-state index contributed by atoms with van der Waals surface area (Å²) in [5.41, 5.74) is 8.67. The highest BCUT2D eigenvalue weighted by Crippen LogP contribution is 2.34. The van der Waals surface area contributed by atoms with Gasteiger partial charge in [-0.15, -0.1) is 5.53 Å². The van der Waals surface area contributed by atoms with Crippen LogP contribution in [0.3, 0.4) is 0 Å². The first-order valence-electron chi connectivity index (χ1n) is 5.14. The molecule has 17 heavy (non-hydrogen) atoms. The van der Waals surface area contributed by atoms with Gasteiger partial charge in [0.2, 0.25) is 0 Å². The van der Waals surface area contributed by atoms with Gasteiger partial charge in [-0.25, -0.2) is 14.4 Å². The van der Waals surface area contributed by atoms with Crippen LogP contribution in [-0.4, -0.2) is 9.97 Å². The summed E-state index contributed by atoms with van der Waals surface area (Å²) in [6.45, 7) is 1.91. The van der Waals surface area contributed by atoms with E-state index in [0.717, 1.165) is 17.1 Å². The standard InChI is InChI=1S/C11H10FN5/c1-7-11-9(4-5-13-7)17(16-15-11)10-3-2-8(12)6-14-10/h2-6,15-16H,1H3. The molecule has 0 aliphatic carbocycles. The molecule has 0 saturated carbocycles. The van der Waals surface area contributed by atoms with Crippen molar-refractivity contribution in [1.82, 2.24) is 15.5 Å². The van der Waals surface area contributed by atoms with Crippen molar-refractivity contribution >= 4 is 17.2 Å². The van der Waals surface area contributed by atoms with Gasteiger partial charge in [0.25, 0.3) is 0 Å². The number of aromatic nitrogens is 2. The van der Waals surface area contributed by atoms with Crippen LogP contribution in [0.5, 0.6) is 0 Å². The third kappa shape index (κ3) is 1.58. The normalized spacial score (nSPS) is 13.4. The van der Waals surface area contributed by atoms with Crippen LogP contribution in [0.1, 0.15) is 5.69 Å². The van der Waals surface area contributed by atoms with Crippen LogP contribution in [-0.2, 0) is 0 Å². The Kier molecular flexibility index (Phi) is 2.15. The lowest BCUT2D eigenvalue weighted by molar-refractivity contribution is 0.620. The number of fused-ring (bicyclic) bond motifs is 1. The summed E-state index contributed by atoms with van der Waals surface area (Å²) in [6.07, 6.45) is 2.91. The predicted octanol–water partition coefficient (Wildman–Crippen LogP) is 1.91. The first kappa shape index (κ1) is 9.98. The van der Waals surface area contributed by atoms with Crippen molar-refractivity contribution in [2.24, 2.45) is 0 Å². The van der Waals surface area contributed by atoms with E-state index in [9.17, 15) is 4.39 Å². The van der Waals surface area contributed by atoms with Crippen molar-refractivity contribution in [3.63, 3.8) is 0 Å². The van der Waals surface area contributed by atoms with E-state index in [4.69, 9.17) is 0 Å². The highest BCUT2D eigenvalue weighted by molar-refractivity contribution is 5.79. The maximum Gasteiger partial charge on any atom is 0.149 e. The molecule has 0 atom stereocenters. The van der Waals surface area contributed by atoms with Gasteiger partial charge < -0.3 is 0 Å². The predicted molar refractivity (Wildman–Crippen MR) is 62.1 cm³/mol. The molecule has 0 unspecified atom stereocenters. The van der Waals surface area contributed by atoms with Gasteiger partial charge in [-0.05, 0) is 25.1 Å². The first-order chi connectivity index (χ1) is 8.25. The Labute approximate surface area is 97.3 Å². The zero-order chi connectivity index (χ0) is 11.8. The molecule has 3 rings (SSSR count). The molecule has 0 spiro atoms. The van der Waals surface area contributed by atoms with E-state index >= 15 is 0 Å². The van der Waals surface area contributed by atoms with Crippen LogP contribution in [0.2, 0.25) is 0 Å². The molecular weight excluding hydrogens is 221 g/mol. The summed E-state index contributed by atoms with van der Waals surface area (Å²) in [5, 5.41) is 1.74. The molecule has 0 fully saturated rings. The second-order valence-electron chi connectivity index (χ2n) is 3.70. The molecule has 0 saturated heterocycles. The third-order valence-electron chi connectivity index (χ3n) is 2.59. The minimum atomic E-state index is -0.355. The van der Waals surface area contributed by atoms with Gasteiger partial charge in [0, 0.05) is 6.20 Å². The minimum Gasteiger partial charge on any atom is -0.300 e. The fraction of sp³-hybridized carbons (Fsp3) is 0.0909. The zero-order valence-electron chi connectivity index (χ0n) is 9.11. The van der Waals surface area contributed by atoms with Crippen LogP contribution in [0, 0.1) is 12.7 Å². The van der Waals surface area contributed by atoms with E-state index < -0.39 is 0 Å². The van der Waals surface area contributed by atoms with Crippen molar-refractivity contribution in [3.8, 4) is 0 Å². The Morgan fingerprint density at radius 2 is 2.12 bits per heavy atom. The fourth-order valence-corrected chi connectivity index (χ4v) is 1.75.